The predicted molar refractivity (Wildman–Crippen MR) is 161 cm³/mol. The van der Waals surface area contributed by atoms with Crippen LogP contribution in [-0.2, 0) is 23.4 Å². The Bertz CT molecular complexity index is 1240. The van der Waals surface area contributed by atoms with Crippen LogP contribution in [0.5, 0.6) is 0 Å². The number of amides is 2. The lowest BCUT2D eigenvalue weighted by Gasteiger charge is -2.32. The molecule has 0 atom stereocenters. The lowest BCUT2D eigenvalue weighted by atomic mass is 9.79. The molecule has 2 aliphatic heterocycles. The molecule has 2 amide bonds. The molecule has 2 N–H and O–H groups in total. The third-order valence-electron chi connectivity index (χ3n) is 7.98. The smallest absolute Gasteiger partial charge is 0.399 e. The zero-order chi connectivity index (χ0) is 30.6. The molecule has 0 spiro atoms. The summed E-state index contributed by atoms with van der Waals surface area (Å²) in [6, 6.07) is 16.7. The molecule has 0 aliphatic carbocycles. The normalized spacial score (nSPS) is 19.5. The van der Waals surface area contributed by atoms with E-state index in [2.05, 4.69) is 10.6 Å². The summed E-state index contributed by atoms with van der Waals surface area (Å²) >= 11 is 0. The predicted octanol–water partition coefficient (Wildman–Crippen LogP) is 3.57. The molecule has 4 rings (SSSR count). The summed E-state index contributed by atoms with van der Waals surface area (Å²) in [5.41, 5.74) is 1.71. The summed E-state index contributed by atoms with van der Waals surface area (Å²) in [5, 5.41) is 13.9. The van der Waals surface area contributed by atoms with Gasteiger partial charge in [-0.3, -0.25) is 9.59 Å². The Labute approximate surface area is 244 Å². The highest BCUT2D eigenvalue weighted by Crippen LogP contribution is 2.37. The van der Waals surface area contributed by atoms with Crippen LogP contribution in [0.2, 0.25) is 0 Å². The van der Waals surface area contributed by atoms with Crippen molar-refractivity contribution in [1.82, 2.24) is 5.32 Å². The second-order valence-corrected chi connectivity index (χ2v) is 12.3. The summed E-state index contributed by atoms with van der Waals surface area (Å²) in [7, 11) is -0.794. The van der Waals surface area contributed by atoms with Crippen LogP contribution in [0.25, 0.3) is 0 Å². The van der Waals surface area contributed by atoms with Gasteiger partial charge in [-0.15, -0.1) is 0 Å². The number of nitrogens with one attached hydrogen (secondary N) is 2. The Hall–Kier alpha value is -3.16. The van der Waals surface area contributed by atoms with Gasteiger partial charge in [-0.2, -0.15) is 5.26 Å². The lowest BCUT2D eigenvalue weighted by Crippen LogP contribution is -2.41. The Morgan fingerprint density at radius 3 is 1.49 bits per heavy atom. The van der Waals surface area contributed by atoms with Gasteiger partial charge in [0, 0.05) is 24.7 Å². The molecule has 0 aromatic heterocycles. The second kappa shape index (κ2) is 12.4. The average molecular weight is 561 g/mol. The first-order chi connectivity index (χ1) is 19.0. The van der Waals surface area contributed by atoms with Crippen LogP contribution in [0.4, 0.5) is 5.69 Å². The van der Waals surface area contributed by atoms with Gasteiger partial charge in [0.2, 0.25) is 5.91 Å². The summed E-state index contributed by atoms with van der Waals surface area (Å²) in [5.74, 6) is -0.265. The maximum atomic E-state index is 11.9. The van der Waals surface area contributed by atoms with Crippen LogP contribution in [0.1, 0.15) is 79.1 Å². The zero-order valence-electron chi connectivity index (χ0n) is 25.6. The van der Waals surface area contributed by atoms with Crippen molar-refractivity contribution in [3.05, 3.63) is 54.1 Å². The van der Waals surface area contributed by atoms with Crippen LogP contribution in [0.15, 0.2) is 48.5 Å². The van der Waals surface area contributed by atoms with Crippen molar-refractivity contribution < 1.29 is 28.2 Å². The SMILES string of the molecule is CC(=O)Nc1ccc(B2OC(C)(C)C(C)(C)O2)cc1.CC1(C)OB(c2ccc(C(=O)NCCC#N)cc2)OC1(C)C. The quantitative estimate of drug-likeness (QED) is 0.409. The molecule has 2 heterocycles. The molecule has 0 bridgehead atoms. The van der Waals surface area contributed by atoms with Crippen molar-refractivity contribution in [2.45, 2.75) is 91.1 Å². The van der Waals surface area contributed by atoms with E-state index in [1.54, 1.807) is 12.1 Å². The van der Waals surface area contributed by atoms with Crippen molar-refractivity contribution in [2.24, 2.45) is 0 Å². The van der Waals surface area contributed by atoms with Gasteiger partial charge in [0.05, 0.1) is 34.9 Å². The minimum absolute atomic E-state index is 0.0802. The maximum Gasteiger partial charge on any atom is 0.494 e. The number of benzene rings is 2. The Morgan fingerprint density at radius 1 is 0.732 bits per heavy atom. The van der Waals surface area contributed by atoms with E-state index < -0.39 is 7.12 Å². The first kappa shape index (κ1) is 32.4. The molecule has 2 aromatic carbocycles. The Balaban J connectivity index is 0.000000228. The van der Waals surface area contributed by atoms with Gasteiger partial charge in [-0.1, -0.05) is 24.3 Å². The minimum Gasteiger partial charge on any atom is -0.399 e. The van der Waals surface area contributed by atoms with Crippen LogP contribution in [0, 0.1) is 11.3 Å². The molecular weight excluding hydrogens is 520 g/mol. The fourth-order valence-electron chi connectivity index (χ4n) is 4.01. The minimum atomic E-state index is -0.430. The topological polar surface area (TPSA) is 119 Å². The van der Waals surface area contributed by atoms with Gasteiger partial charge in [-0.05, 0) is 90.6 Å². The molecule has 2 aromatic rings. The number of rotatable bonds is 6. The van der Waals surface area contributed by atoms with Crippen molar-refractivity contribution in [3.63, 3.8) is 0 Å². The number of carbonyl (C=O) groups is 2. The molecule has 0 radical (unpaired) electrons. The number of anilines is 1. The summed E-state index contributed by atoms with van der Waals surface area (Å²) in [6.45, 7) is 18.0. The van der Waals surface area contributed by atoms with E-state index >= 15 is 0 Å². The molecule has 0 saturated carbocycles. The molecule has 9 nitrogen and oxygen atoms in total. The number of nitrogens with zero attached hydrogens (tertiary/aromatic N) is 1. The van der Waals surface area contributed by atoms with Crippen molar-refractivity contribution in [2.75, 3.05) is 11.9 Å². The van der Waals surface area contributed by atoms with E-state index in [1.807, 2.05) is 97.9 Å². The van der Waals surface area contributed by atoms with Crippen molar-refractivity contribution >= 4 is 42.7 Å². The Morgan fingerprint density at radius 2 is 1.12 bits per heavy atom. The molecule has 218 valence electrons. The fourth-order valence-corrected chi connectivity index (χ4v) is 4.01. The van der Waals surface area contributed by atoms with E-state index in [0.717, 1.165) is 16.6 Å². The first-order valence-corrected chi connectivity index (χ1v) is 13.8. The summed E-state index contributed by atoms with van der Waals surface area (Å²) in [4.78, 5) is 22.8. The van der Waals surface area contributed by atoms with Crippen LogP contribution >= 0.6 is 0 Å². The van der Waals surface area contributed by atoms with E-state index in [1.165, 1.54) is 6.92 Å². The van der Waals surface area contributed by atoms with Gasteiger partial charge in [-0.25, -0.2) is 0 Å². The maximum absolute atomic E-state index is 11.9. The molecule has 2 aliphatic rings. The number of hydrogen-bond acceptors (Lipinski definition) is 7. The number of nitriles is 1. The van der Waals surface area contributed by atoms with E-state index in [0.29, 0.717) is 18.5 Å². The average Bonchev–Trinajstić information content (AvgIpc) is 3.24. The third kappa shape index (κ3) is 7.77. The lowest BCUT2D eigenvalue weighted by molar-refractivity contribution is -0.114. The van der Waals surface area contributed by atoms with Crippen LogP contribution < -0.4 is 21.6 Å². The Kier molecular flexibility index (Phi) is 9.77. The molecule has 41 heavy (non-hydrogen) atoms. The summed E-state index contributed by atoms with van der Waals surface area (Å²) in [6.07, 6.45) is 0.303. The highest BCUT2D eigenvalue weighted by Gasteiger charge is 2.52. The largest absolute Gasteiger partial charge is 0.494 e. The number of carbonyl (C=O) groups excluding carboxylic acids is 2. The first-order valence-electron chi connectivity index (χ1n) is 13.8. The van der Waals surface area contributed by atoms with Crippen molar-refractivity contribution in [3.8, 4) is 6.07 Å². The van der Waals surface area contributed by atoms with Crippen LogP contribution in [0.3, 0.4) is 0 Å². The monoisotopic (exact) mass is 561 g/mol. The summed E-state index contributed by atoms with van der Waals surface area (Å²) < 4.78 is 23.9. The molecule has 2 saturated heterocycles. The van der Waals surface area contributed by atoms with E-state index in [4.69, 9.17) is 23.9 Å². The standard InChI is InChI=1S/C16H21BN2O3.C14H20BNO3/c1-15(2)16(3,4)22-17(21-15)13-8-6-12(7-9-13)14(20)19-11-5-10-18;1-10(17)16-12-8-6-11(7-9-12)15-18-13(2,3)14(4,5)19-15/h6-9H,5,11H2,1-4H3,(H,19,20);6-9H,1-5H3,(H,16,17). The highest BCUT2D eigenvalue weighted by molar-refractivity contribution is 6.62. The van der Waals surface area contributed by atoms with Crippen molar-refractivity contribution in [1.29, 1.82) is 5.26 Å². The van der Waals surface area contributed by atoms with E-state index in [-0.39, 0.29) is 41.3 Å². The van der Waals surface area contributed by atoms with Gasteiger partial charge < -0.3 is 29.3 Å². The van der Waals surface area contributed by atoms with Gasteiger partial charge in [0.15, 0.2) is 0 Å². The van der Waals surface area contributed by atoms with E-state index in [9.17, 15) is 9.59 Å². The van der Waals surface area contributed by atoms with Gasteiger partial charge >= 0.3 is 14.2 Å². The highest BCUT2D eigenvalue weighted by atomic mass is 16.7. The molecule has 11 heteroatoms. The zero-order valence-corrected chi connectivity index (χ0v) is 25.6. The molecule has 2 fully saturated rings. The number of hydrogen-bond donors (Lipinski definition) is 2. The molecule has 0 unspecified atom stereocenters. The van der Waals surface area contributed by atoms with Crippen LogP contribution in [-0.4, -0.2) is 55.0 Å². The molecular formula is C30H41B2N3O6. The third-order valence-corrected chi connectivity index (χ3v) is 7.98. The fraction of sp³-hybridized carbons (Fsp3) is 0.500. The second-order valence-electron chi connectivity index (χ2n) is 12.3. The van der Waals surface area contributed by atoms with Gasteiger partial charge in [0.1, 0.15) is 0 Å². The van der Waals surface area contributed by atoms with Gasteiger partial charge in [0.25, 0.3) is 5.91 Å².